The van der Waals surface area contributed by atoms with Crippen LogP contribution in [0.25, 0.3) is 0 Å². The molecule has 0 spiro atoms. The average molecular weight is 280 g/mol. The van der Waals surface area contributed by atoms with Crippen LogP contribution in [0, 0.1) is 5.92 Å². The summed E-state index contributed by atoms with van der Waals surface area (Å²) < 4.78 is 5.44. The van der Waals surface area contributed by atoms with Crippen LogP contribution in [0.5, 0.6) is 0 Å². The number of nitrogens with one attached hydrogen (secondary N) is 1. The molecule has 0 unspecified atom stereocenters. The largest absolute Gasteiger partial charge is 0.462 e. The first-order chi connectivity index (χ1) is 9.60. The van der Waals surface area contributed by atoms with E-state index < -0.39 is 0 Å². The lowest BCUT2D eigenvalue weighted by Crippen LogP contribution is -2.45. The number of carbonyl (C=O) groups excluding carboxylic acids is 1. The number of aliphatic hydroxyl groups excluding tert-OH is 1. The van der Waals surface area contributed by atoms with Gasteiger partial charge in [-0.25, -0.2) is 0 Å². The van der Waals surface area contributed by atoms with E-state index in [1.165, 1.54) is 0 Å². The number of hydrogen-bond acceptors (Lipinski definition) is 4. The van der Waals surface area contributed by atoms with Gasteiger partial charge in [0.25, 0.3) is 0 Å². The Morgan fingerprint density at radius 1 is 1.40 bits per heavy atom. The van der Waals surface area contributed by atoms with Gasteiger partial charge in [0.05, 0.1) is 6.54 Å². The number of furan rings is 1. The summed E-state index contributed by atoms with van der Waals surface area (Å²) in [6.07, 6.45) is 1.96. The Hall–Kier alpha value is -1.33. The summed E-state index contributed by atoms with van der Waals surface area (Å²) in [7, 11) is 0. The Bertz CT molecular complexity index is 434. The first-order valence-electron chi connectivity index (χ1n) is 7.30. The quantitative estimate of drug-likeness (QED) is 0.858. The molecule has 1 aliphatic heterocycles. The van der Waals surface area contributed by atoms with Crippen molar-refractivity contribution in [2.75, 3.05) is 13.1 Å². The summed E-state index contributed by atoms with van der Waals surface area (Å²) in [6, 6.07) is 4.10. The number of carbonyl (C=O) groups is 1. The van der Waals surface area contributed by atoms with Gasteiger partial charge in [0.2, 0.25) is 5.91 Å². The van der Waals surface area contributed by atoms with Crippen molar-refractivity contribution in [1.29, 1.82) is 0 Å². The summed E-state index contributed by atoms with van der Waals surface area (Å²) in [4.78, 5) is 13.8. The van der Waals surface area contributed by atoms with Gasteiger partial charge in [-0.05, 0) is 25.0 Å². The zero-order valence-electron chi connectivity index (χ0n) is 12.3. The molecule has 0 bridgehead atoms. The summed E-state index contributed by atoms with van der Waals surface area (Å²) in [6.45, 7) is 6.16. The number of nitrogens with zero attached hydrogens (tertiary/aromatic N) is 1. The van der Waals surface area contributed by atoms with Crippen LogP contribution in [0.4, 0.5) is 0 Å². The standard InChI is InChI=1S/C15H24N2O3/c1-11(2)15(19)17-7-5-12(6-8-17)16-9-13-3-4-14(10-18)20-13/h3-4,11-12,16,18H,5-10H2,1-2H3. The Kier molecular flexibility index (Phi) is 5.20. The fourth-order valence-electron chi connectivity index (χ4n) is 2.52. The van der Waals surface area contributed by atoms with Crippen molar-refractivity contribution in [2.24, 2.45) is 5.92 Å². The van der Waals surface area contributed by atoms with Crippen LogP contribution in [0.15, 0.2) is 16.5 Å². The number of hydrogen-bond donors (Lipinski definition) is 2. The van der Waals surface area contributed by atoms with Gasteiger partial charge in [0, 0.05) is 25.0 Å². The Morgan fingerprint density at radius 2 is 2.05 bits per heavy atom. The second kappa shape index (κ2) is 6.90. The minimum absolute atomic E-state index is 0.0598. The highest BCUT2D eigenvalue weighted by Crippen LogP contribution is 2.14. The first-order valence-corrected chi connectivity index (χ1v) is 7.30. The molecule has 5 heteroatoms. The van der Waals surface area contributed by atoms with Gasteiger partial charge < -0.3 is 19.7 Å². The molecule has 0 saturated carbocycles. The maximum absolute atomic E-state index is 11.9. The van der Waals surface area contributed by atoms with Crippen molar-refractivity contribution in [3.05, 3.63) is 23.7 Å². The second-order valence-corrected chi connectivity index (χ2v) is 5.66. The zero-order valence-corrected chi connectivity index (χ0v) is 12.3. The number of rotatable bonds is 5. The molecule has 0 atom stereocenters. The fourth-order valence-corrected chi connectivity index (χ4v) is 2.52. The number of amides is 1. The second-order valence-electron chi connectivity index (χ2n) is 5.66. The number of aliphatic hydroxyl groups is 1. The molecular formula is C15H24N2O3. The summed E-state index contributed by atoms with van der Waals surface area (Å²) >= 11 is 0. The van der Waals surface area contributed by atoms with Gasteiger partial charge in [-0.15, -0.1) is 0 Å². The molecule has 112 valence electrons. The van der Waals surface area contributed by atoms with Gasteiger partial charge in [0.15, 0.2) is 0 Å². The smallest absolute Gasteiger partial charge is 0.225 e. The lowest BCUT2D eigenvalue weighted by molar-refractivity contribution is -0.135. The van der Waals surface area contributed by atoms with Crippen LogP contribution in [-0.4, -0.2) is 35.0 Å². The molecule has 1 aliphatic rings. The van der Waals surface area contributed by atoms with Gasteiger partial charge >= 0.3 is 0 Å². The van der Waals surface area contributed by atoms with E-state index in [2.05, 4.69) is 5.32 Å². The van der Waals surface area contributed by atoms with Crippen molar-refractivity contribution in [3.8, 4) is 0 Å². The van der Waals surface area contributed by atoms with Crippen LogP contribution in [0.3, 0.4) is 0 Å². The van der Waals surface area contributed by atoms with Crippen molar-refractivity contribution < 1.29 is 14.3 Å². The highest BCUT2D eigenvalue weighted by atomic mass is 16.4. The van der Waals surface area contributed by atoms with Crippen LogP contribution in [0.2, 0.25) is 0 Å². The number of likely N-dealkylation sites (tertiary alicyclic amines) is 1. The highest BCUT2D eigenvalue weighted by Gasteiger charge is 2.23. The van der Waals surface area contributed by atoms with Gasteiger partial charge in [-0.1, -0.05) is 13.8 Å². The molecule has 0 aliphatic carbocycles. The average Bonchev–Trinajstić information content (AvgIpc) is 2.93. The first kappa shape index (κ1) is 15.1. The molecular weight excluding hydrogens is 256 g/mol. The highest BCUT2D eigenvalue weighted by molar-refractivity contribution is 5.78. The van der Waals surface area contributed by atoms with Gasteiger partial charge in [-0.2, -0.15) is 0 Å². The van der Waals surface area contributed by atoms with Crippen LogP contribution < -0.4 is 5.32 Å². The predicted octanol–water partition coefficient (Wildman–Crippen LogP) is 1.51. The topological polar surface area (TPSA) is 65.7 Å². The van der Waals surface area contributed by atoms with Crippen molar-refractivity contribution in [2.45, 2.75) is 45.9 Å². The summed E-state index contributed by atoms with van der Waals surface area (Å²) in [5.74, 6) is 1.77. The minimum Gasteiger partial charge on any atom is -0.462 e. The van der Waals surface area contributed by atoms with Crippen LogP contribution >= 0.6 is 0 Å². The third-order valence-electron chi connectivity index (χ3n) is 3.74. The predicted molar refractivity (Wildman–Crippen MR) is 75.9 cm³/mol. The van der Waals surface area contributed by atoms with E-state index in [-0.39, 0.29) is 18.4 Å². The third kappa shape index (κ3) is 3.84. The lowest BCUT2D eigenvalue weighted by Gasteiger charge is -2.33. The molecule has 2 rings (SSSR count). The van der Waals surface area contributed by atoms with Crippen LogP contribution in [-0.2, 0) is 17.9 Å². The lowest BCUT2D eigenvalue weighted by atomic mass is 10.0. The van der Waals surface area contributed by atoms with E-state index in [0.29, 0.717) is 18.3 Å². The summed E-state index contributed by atoms with van der Waals surface area (Å²) in [5, 5.41) is 12.4. The van der Waals surface area contributed by atoms with E-state index in [1.807, 2.05) is 24.8 Å². The van der Waals surface area contributed by atoms with E-state index in [0.717, 1.165) is 31.7 Å². The molecule has 1 amide bonds. The molecule has 1 aromatic heterocycles. The van der Waals surface area contributed by atoms with Gasteiger partial charge in [-0.3, -0.25) is 4.79 Å². The van der Waals surface area contributed by atoms with Crippen molar-refractivity contribution >= 4 is 5.91 Å². The van der Waals surface area contributed by atoms with E-state index in [9.17, 15) is 4.79 Å². The molecule has 1 aromatic rings. The molecule has 1 fully saturated rings. The Balaban J connectivity index is 1.73. The molecule has 0 aromatic carbocycles. The maximum atomic E-state index is 11.9. The fraction of sp³-hybridized carbons (Fsp3) is 0.667. The van der Waals surface area contributed by atoms with Crippen molar-refractivity contribution in [1.82, 2.24) is 10.2 Å². The van der Waals surface area contributed by atoms with E-state index >= 15 is 0 Å². The Morgan fingerprint density at radius 3 is 2.60 bits per heavy atom. The third-order valence-corrected chi connectivity index (χ3v) is 3.74. The minimum atomic E-state index is -0.0598. The van der Waals surface area contributed by atoms with E-state index in [1.54, 1.807) is 6.07 Å². The van der Waals surface area contributed by atoms with Crippen molar-refractivity contribution in [3.63, 3.8) is 0 Å². The summed E-state index contributed by atoms with van der Waals surface area (Å²) in [5.41, 5.74) is 0. The Labute approximate surface area is 119 Å². The molecule has 20 heavy (non-hydrogen) atoms. The van der Waals surface area contributed by atoms with E-state index in [4.69, 9.17) is 9.52 Å². The van der Waals surface area contributed by atoms with Crippen LogP contribution in [0.1, 0.15) is 38.2 Å². The maximum Gasteiger partial charge on any atom is 0.225 e. The normalized spacial score (nSPS) is 16.9. The van der Waals surface area contributed by atoms with Gasteiger partial charge in [0.1, 0.15) is 18.1 Å². The number of piperidine rings is 1. The molecule has 0 radical (unpaired) electrons. The monoisotopic (exact) mass is 280 g/mol. The molecule has 5 nitrogen and oxygen atoms in total. The molecule has 2 heterocycles. The molecule has 2 N–H and O–H groups in total. The zero-order chi connectivity index (χ0) is 14.5. The molecule has 1 saturated heterocycles. The SMILES string of the molecule is CC(C)C(=O)N1CCC(NCc2ccc(CO)o2)CC1.